The number of hydrogen-bond acceptors (Lipinski definition) is 1. The van der Waals surface area contributed by atoms with Gasteiger partial charge in [-0.1, -0.05) is 49.1 Å². The molecule has 0 atom stereocenters. The molecule has 20 heavy (non-hydrogen) atoms. The molecule has 0 radical (unpaired) electrons. The van der Waals surface area contributed by atoms with Crippen LogP contribution in [0.2, 0.25) is 0 Å². The molecular formula is C19H20O. The van der Waals surface area contributed by atoms with Crippen molar-refractivity contribution >= 4 is 5.57 Å². The summed E-state index contributed by atoms with van der Waals surface area (Å²) in [6.45, 7) is 18.2. The van der Waals surface area contributed by atoms with Crippen molar-refractivity contribution in [3.8, 4) is 5.75 Å². The van der Waals surface area contributed by atoms with Crippen molar-refractivity contribution in [1.29, 1.82) is 0 Å². The van der Waals surface area contributed by atoms with Gasteiger partial charge in [0.2, 0.25) is 0 Å². The summed E-state index contributed by atoms with van der Waals surface area (Å²) in [5.74, 6) is 1.60. The van der Waals surface area contributed by atoms with Gasteiger partial charge in [0.15, 0.2) is 0 Å². The fourth-order valence-corrected chi connectivity index (χ4v) is 2.37. The Hall–Kier alpha value is -2.28. The van der Waals surface area contributed by atoms with Crippen LogP contribution in [0, 0.1) is 0 Å². The van der Waals surface area contributed by atoms with Crippen molar-refractivity contribution in [2.75, 3.05) is 0 Å². The first kappa shape index (κ1) is 14.1. The molecule has 0 amide bonds. The van der Waals surface area contributed by atoms with Gasteiger partial charge in [-0.2, -0.15) is 0 Å². The Morgan fingerprint density at radius 2 is 1.75 bits per heavy atom. The normalized spacial score (nSPS) is 13.4. The first-order valence-corrected chi connectivity index (χ1v) is 6.64. The molecule has 0 spiro atoms. The Morgan fingerprint density at radius 1 is 1.10 bits per heavy atom. The maximum absolute atomic E-state index is 5.97. The Kier molecular flexibility index (Phi) is 3.80. The van der Waals surface area contributed by atoms with Gasteiger partial charge in [0.05, 0.1) is 0 Å². The number of rotatable bonds is 3. The van der Waals surface area contributed by atoms with E-state index in [0.29, 0.717) is 0 Å². The molecule has 1 nitrogen and oxygen atoms in total. The number of benzene rings is 1. The number of ether oxygens (including phenoxy) is 1. The maximum atomic E-state index is 5.97. The molecule has 1 aliphatic rings. The van der Waals surface area contributed by atoms with E-state index in [9.17, 15) is 0 Å². The fourth-order valence-electron chi connectivity index (χ4n) is 2.37. The molecule has 0 saturated heterocycles. The molecule has 0 saturated carbocycles. The molecule has 0 fully saturated rings. The second kappa shape index (κ2) is 5.38. The minimum absolute atomic E-state index is 0.743. The van der Waals surface area contributed by atoms with Gasteiger partial charge in [-0.25, -0.2) is 0 Å². The molecule has 1 aromatic rings. The summed E-state index contributed by atoms with van der Waals surface area (Å²) in [6, 6.07) is 8.04. The molecule has 0 N–H and O–H groups in total. The van der Waals surface area contributed by atoms with Gasteiger partial charge < -0.3 is 4.74 Å². The van der Waals surface area contributed by atoms with E-state index in [0.717, 1.165) is 39.4 Å². The molecule has 0 unspecified atom stereocenters. The number of fused-ring (bicyclic) bond motifs is 1. The van der Waals surface area contributed by atoms with E-state index in [-0.39, 0.29) is 0 Å². The monoisotopic (exact) mass is 264 g/mol. The minimum Gasteiger partial charge on any atom is -0.456 e. The summed E-state index contributed by atoms with van der Waals surface area (Å²) in [5.41, 5.74) is 6.29. The van der Waals surface area contributed by atoms with E-state index in [2.05, 4.69) is 39.7 Å². The highest BCUT2D eigenvalue weighted by Gasteiger charge is 2.25. The molecule has 1 heteroatoms. The van der Waals surface area contributed by atoms with Gasteiger partial charge in [0.1, 0.15) is 11.5 Å². The molecule has 2 rings (SSSR count). The number of para-hydroxylation sites is 1. The van der Waals surface area contributed by atoms with Crippen molar-refractivity contribution in [2.24, 2.45) is 0 Å². The standard InChI is InChI=1S/C19H20O/c1-7-16-19(14(6)12(2)3)18(13(4)5)15-10-8-9-11-17(15)20-16/h7-11H,1-2,6H2,3-5H3. The van der Waals surface area contributed by atoms with Crippen LogP contribution in [-0.2, 0) is 0 Å². The van der Waals surface area contributed by atoms with Crippen LogP contribution in [0.1, 0.15) is 26.3 Å². The number of hydrogen-bond donors (Lipinski definition) is 0. The highest BCUT2D eigenvalue weighted by molar-refractivity contribution is 5.91. The first-order valence-electron chi connectivity index (χ1n) is 6.64. The summed E-state index contributed by atoms with van der Waals surface area (Å²) in [5, 5.41) is 0. The first-order chi connectivity index (χ1) is 9.47. The molecule has 1 aliphatic heterocycles. The smallest absolute Gasteiger partial charge is 0.135 e. The lowest BCUT2D eigenvalue weighted by atomic mass is 9.85. The third kappa shape index (κ3) is 2.27. The SMILES string of the molecule is C=CC1=C(C(=C)C(=C)C)C(=C(C)C)c2ccccc2O1. The largest absolute Gasteiger partial charge is 0.456 e. The Balaban J connectivity index is 2.78. The van der Waals surface area contributed by atoms with Crippen molar-refractivity contribution < 1.29 is 4.74 Å². The highest BCUT2D eigenvalue weighted by atomic mass is 16.5. The number of allylic oxidation sites excluding steroid dienone is 6. The van der Waals surface area contributed by atoms with Crippen LogP contribution in [0.25, 0.3) is 5.57 Å². The van der Waals surface area contributed by atoms with E-state index in [1.807, 2.05) is 25.1 Å². The zero-order chi connectivity index (χ0) is 14.9. The van der Waals surface area contributed by atoms with E-state index >= 15 is 0 Å². The third-order valence-electron chi connectivity index (χ3n) is 3.38. The molecule has 0 bridgehead atoms. The lowest BCUT2D eigenvalue weighted by Gasteiger charge is -2.27. The van der Waals surface area contributed by atoms with Crippen LogP contribution in [0.15, 0.2) is 78.1 Å². The van der Waals surface area contributed by atoms with E-state index in [1.165, 1.54) is 5.57 Å². The van der Waals surface area contributed by atoms with Crippen molar-refractivity contribution in [2.45, 2.75) is 20.8 Å². The van der Waals surface area contributed by atoms with Gasteiger partial charge in [0, 0.05) is 11.1 Å². The van der Waals surface area contributed by atoms with E-state index < -0.39 is 0 Å². The van der Waals surface area contributed by atoms with Crippen molar-refractivity contribution in [1.82, 2.24) is 0 Å². The Morgan fingerprint density at radius 3 is 2.30 bits per heavy atom. The van der Waals surface area contributed by atoms with E-state index in [1.54, 1.807) is 6.08 Å². The highest BCUT2D eigenvalue weighted by Crippen LogP contribution is 2.44. The molecule has 1 heterocycles. The van der Waals surface area contributed by atoms with Crippen LogP contribution < -0.4 is 4.74 Å². The van der Waals surface area contributed by atoms with Crippen LogP contribution in [0.5, 0.6) is 5.75 Å². The predicted molar refractivity (Wildman–Crippen MR) is 86.5 cm³/mol. The molecule has 102 valence electrons. The maximum Gasteiger partial charge on any atom is 0.135 e. The fraction of sp³-hybridized carbons (Fsp3) is 0.158. The summed E-state index contributed by atoms with van der Waals surface area (Å²) < 4.78 is 5.97. The lowest BCUT2D eigenvalue weighted by molar-refractivity contribution is 0.435. The second-order valence-corrected chi connectivity index (χ2v) is 5.18. The van der Waals surface area contributed by atoms with Crippen LogP contribution in [-0.4, -0.2) is 0 Å². The van der Waals surface area contributed by atoms with Gasteiger partial charge >= 0.3 is 0 Å². The quantitative estimate of drug-likeness (QED) is 0.660. The summed E-state index contributed by atoms with van der Waals surface area (Å²) in [7, 11) is 0. The molecular weight excluding hydrogens is 244 g/mol. The predicted octanol–water partition coefficient (Wildman–Crippen LogP) is 5.44. The van der Waals surface area contributed by atoms with E-state index in [4.69, 9.17) is 4.74 Å². The summed E-state index contributed by atoms with van der Waals surface area (Å²) >= 11 is 0. The third-order valence-corrected chi connectivity index (χ3v) is 3.38. The van der Waals surface area contributed by atoms with Gasteiger partial charge in [-0.15, -0.1) is 0 Å². The zero-order valence-electron chi connectivity index (χ0n) is 12.4. The molecule has 1 aromatic carbocycles. The van der Waals surface area contributed by atoms with Crippen LogP contribution >= 0.6 is 0 Å². The van der Waals surface area contributed by atoms with Gasteiger partial charge in [0.25, 0.3) is 0 Å². The topological polar surface area (TPSA) is 9.23 Å². The Labute approximate surface area is 121 Å². The van der Waals surface area contributed by atoms with Crippen LogP contribution in [0.4, 0.5) is 0 Å². The molecule has 0 aliphatic carbocycles. The summed E-state index contributed by atoms with van der Waals surface area (Å²) in [6.07, 6.45) is 1.74. The average molecular weight is 264 g/mol. The van der Waals surface area contributed by atoms with Gasteiger partial charge in [-0.3, -0.25) is 0 Å². The minimum atomic E-state index is 0.743. The Bertz CT molecular complexity index is 665. The van der Waals surface area contributed by atoms with Gasteiger partial charge in [-0.05, 0) is 44.1 Å². The summed E-state index contributed by atoms with van der Waals surface area (Å²) in [4.78, 5) is 0. The lowest BCUT2D eigenvalue weighted by Crippen LogP contribution is -2.11. The van der Waals surface area contributed by atoms with Crippen molar-refractivity contribution in [3.63, 3.8) is 0 Å². The average Bonchev–Trinajstić information content (AvgIpc) is 2.43. The zero-order valence-corrected chi connectivity index (χ0v) is 12.4. The van der Waals surface area contributed by atoms with Crippen LogP contribution in [0.3, 0.4) is 0 Å². The molecule has 0 aromatic heterocycles. The van der Waals surface area contributed by atoms with Crippen molar-refractivity contribution in [3.05, 3.63) is 83.7 Å². The second-order valence-electron chi connectivity index (χ2n) is 5.18.